The summed E-state index contributed by atoms with van der Waals surface area (Å²) >= 11 is 0. The lowest BCUT2D eigenvalue weighted by atomic mass is 10.0. The molecule has 0 aromatic heterocycles. The first kappa shape index (κ1) is 13.2. The van der Waals surface area contributed by atoms with Crippen molar-refractivity contribution < 1.29 is 9.59 Å². The maximum atomic E-state index is 12.1. The molecule has 4 heteroatoms. The van der Waals surface area contributed by atoms with Gasteiger partial charge >= 0.3 is 0 Å². The Morgan fingerprint density at radius 1 is 0.905 bits per heavy atom. The number of imide groups is 1. The van der Waals surface area contributed by atoms with Crippen LogP contribution in [0.4, 0.5) is 0 Å². The highest BCUT2D eigenvalue weighted by Gasteiger charge is 2.35. The summed E-state index contributed by atoms with van der Waals surface area (Å²) in [4.78, 5) is 24.3. The third kappa shape index (κ3) is 2.36. The van der Waals surface area contributed by atoms with Crippen LogP contribution in [0.3, 0.4) is 0 Å². The summed E-state index contributed by atoms with van der Waals surface area (Å²) in [6, 6.07) is 16.6. The molecule has 4 nitrogen and oxygen atoms in total. The Labute approximate surface area is 122 Å². The van der Waals surface area contributed by atoms with E-state index in [0.29, 0.717) is 11.1 Å². The number of carbonyl (C=O) groups is 2. The average Bonchev–Trinajstić information content (AvgIpc) is 2.78. The highest BCUT2D eigenvalue weighted by Crippen LogP contribution is 2.23. The van der Waals surface area contributed by atoms with Crippen LogP contribution in [-0.2, 0) is 0 Å². The van der Waals surface area contributed by atoms with Gasteiger partial charge in [-0.25, -0.2) is 0 Å². The Hall–Kier alpha value is -2.75. The van der Waals surface area contributed by atoms with Crippen molar-refractivity contribution in [3.63, 3.8) is 0 Å². The van der Waals surface area contributed by atoms with Crippen molar-refractivity contribution in [1.82, 2.24) is 5.01 Å². The van der Waals surface area contributed by atoms with Crippen molar-refractivity contribution in [1.29, 1.82) is 0 Å². The molecule has 1 aliphatic rings. The van der Waals surface area contributed by atoms with E-state index in [-0.39, 0.29) is 17.7 Å². The molecule has 0 unspecified atom stereocenters. The first-order valence-electron chi connectivity index (χ1n) is 6.75. The van der Waals surface area contributed by atoms with Gasteiger partial charge in [0, 0.05) is 12.1 Å². The Morgan fingerprint density at radius 2 is 1.43 bits per heavy atom. The molecule has 0 N–H and O–H groups in total. The minimum absolute atomic E-state index is 0.0236. The number of benzene rings is 2. The second-order valence-corrected chi connectivity index (χ2v) is 4.93. The zero-order valence-electron chi connectivity index (χ0n) is 11.6. The van der Waals surface area contributed by atoms with E-state index in [4.69, 9.17) is 0 Å². The smallest absolute Gasteiger partial charge is 0.267 e. The van der Waals surface area contributed by atoms with Gasteiger partial charge in [-0.05, 0) is 17.7 Å². The van der Waals surface area contributed by atoms with Gasteiger partial charge < -0.3 is 0 Å². The molecular formula is C17H14N2O2. The number of nitrogens with zero attached hydrogens (tertiary/aromatic N) is 2. The molecule has 0 spiro atoms. The standard InChI is InChI=1S/C17H14N2O2/c1-12(13-7-3-2-4-8-13)11-18-19-16(20)14-9-5-6-10-15(14)17(19)21/h2-12H,1H3/b18-11+/t12-/m0/s1. The van der Waals surface area contributed by atoms with Gasteiger partial charge in [0.1, 0.15) is 0 Å². The third-order valence-electron chi connectivity index (χ3n) is 3.50. The van der Waals surface area contributed by atoms with Gasteiger partial charge in [0.2, 0.25) is 0 Å². The van der Waals surface area contributed by atoms with Crippen LogP contribution in [0, 0.1) is 0 Å². The maximum Gasteiger partial charge on any atom is 0.282 e. The van der Waals surface area contributed by atoms with E-state index in [9.17, 15) is 9.59 Å². The normalized spacial score (nSPS) is 15.6. The van der Waals surface area contributed by atoms with Gasteiger partial charge in [-0.15, -0.1) is 0 Å². The fraction of sp³-hybridized carbons (Fsp3) is 0.118. The number of hydrogen-bond donors (Lipinski definition) is 0. The highest BCUT2D eigenvalue weighted by atomic mass is 16.2. The summed E-state index contributed by atoms with van der Waals surface area (Å²) < 4.78 is 0. The summed E-state index contributed by atoms with van der Waals surface area (Å²) in [6.45, 7) is 1.97. The van der Waals surface area contributed by atoms with Crippen LogP contribution in [0.15, 0.2) is 59.7 Å². The molecule has 1 aliphatic heterocycles. The van der Waals surface area contributed by atoms with Crippen molar-refractivity contribution in [3.05, 3.63) is 71.3 Å². The summed E-state index contributed by atoms with van der Waals surface area (Å²) in [5.74, 6) is -0.713. The molecule has 2 aromatic carbocycles. The van der Waals surface area contributed by atoms with E-state index >= 15 is 0 Å². The van der Waals surface area contributed by atoms with E-state index in [2.05, 4.69) is 5.10 Å². The zero-order chi connectivity index (χ0) is 14.8. The molecule has 21 heavy (non-hydrogen) atoms. The molecule has 104 valence electrons. The highest BCUT2D eigenvalue weighted by molar-refractivity contribution is 6.21. The van der Waals surface area contributed by atoms with Crippen molar-refractivity contribution in [3.8, 4) is 0 Å². The Balaban J connectivity index is 1.82. The number of rotatable bonds is 3. The van der Waals surface area contributed by atoms with E-state index in [1.165, 1.54) is 0 Å². The summed E-state index contributed by atoms with van der Waals surface area (Å²) in [7, 11) is 0. The second kappa shape index (κ2) is 5.32. The molecule has 2 amide bonds. The number of hydrogen-bond acceptors (Lipinski definition) is 3. The Kier molecular flexibility index (Phi) is 3.36. The Morgan fingerprint density at radius 3 is 2.00 bits per heavy atom. The molecule has 0 aliphatic carbocycles. The van der Waals surface area contributed by atoms with Crippen LogP contribution < -0.4 is 0 Å². The SMILES string of the molecule is C[C@@H](/C=N/N1C(=O)c2ccccc2C1=O)c1ccccc1. The second-order valence-electron chi connectivity index (χ2n) is 4.93. The molecule has 1 atom stereocenters. The van der Waals surface area contributed by atoms with Gasteiger partial charge in [0.15, 0.2) is 0 Å². The quantitative estimate of drug-likeness (QED) is 0.640. The lowest BCUT2D eigenvalue weighted by molar-refractivity contribution is 0.0659. The fourth-order valence-electron chi connectivity index (χ4n) is 2.29. The lowest BCUT2D eigenvalue weighted by Crippen LogP contribution is -2.24. The molecule has 0 fully saturated rings. The van der Waals surface area contributed by atoms with Gasteiger partial charge in [0.05, 0.1) is 11.1 Å². The molecule has 3 rings (SSSR count). The van der Waals surface area contributed by atoms with E-state index < -0.39 is 0 Å². The van der Waals surface area contributed by atoms with Gasteiger partial charge in [-0.1, -0.05) is 49.4 Å². The van der Waals surface area contributed by atoms with E-state index in [1.807, 2.05) is 37.3 Å². The minimum Gasteiger partial charge on any atom is -0.267 e. The Bertz CT molecular complexity index is 688. The predicted molar refractivity (Wildman–Crippen MR) is 80.3 cm³/mol. The molecule has 0 saturated carbocycles. The third-order valence-corrected chi connectivity index (χ3v) is 3.50. The molecule has 0 radical (unpaired) electrons. The first-order chi connectivity index (χ1) is 10.2. The fourth-order valence-corrected chi connectivity index (χ4v) is 2.29. The van der Waals surface area contributed by atoms with Crippen molar-refractivity contribution >= 4 is 18.0 Å². The molecule has 0 saturated heterocycles. The zero-order valence-corrected chi connectivity index (χ0v) is 11.6. The van der Waals surface area contributed by atoms with Crippen molar-refractivity contribution in [2.45, 2.75) is 12.8 Å². The summed E-state index contributed by atoms with van der Waals surface area (Å²) in [5, 5.41) is 5.02. The van der Waals surface area contributed by atoms with E-state index in [1.54, 1.807) is 30.5 Å². The van der Waals surface area contributed by atoms with Gasteiger partial charge in [-0.2, -0.15) is 10.1 Å². The number of amides is 2. The summed E-state index contributed by atoms with van der Waals surface area (Å²) in [6.07, 6.45) is 1.62. The first-order valence-corrected chi connectivity index (χ1v) is 6.75. The van der Waals surface area contributed by atoms with Crippen LogP contribution in [0.25, 0.3) is 0 Å². The summed E-state index contributed by atoms with van der Waals surface area (Å²) in [5.41, 5.74) is 1.90. The topological polar surface area (TPSA) is 49.7 Å². The molecule has 1 heterocycles. The molecule has 2 aromatic rings. The minimum atomic E-state index is -0.368. The average molecular weight is 278 g/mol. The number of fused-ring (bicyclic) bond motifs is 1. The van der Waals surface area contributed by atoms with Crippen LogP contribution >= 0.6 is 0 Å². The van der Waals surface area contributed by atoms with Gasteiger partial charge in [0.25, 0.3) is 11.8 Å². The van der Waals surface area contributed by atoms with Crippen LogP contribution in [-0.4, -0.2) is 23.0 Å². The van der Waals surface area contributed by atoms with Crippen LogP contribution in [0.2, 0.25) is 0 Å². The maximum absolute atomic E-state index is 12.1. The monoisotopic (exact) mass is 278 g/mol. The molecular weight excluding hydrogens is 264 g/mol. The number of carbonyl (C=O) groups excluding carboxylic acids is 2. The largest absolute Gasteiger partial charge is 0.282 e. The van der Waals surface area contributed by atoms with Gasteiger partial charge in [-0.3, -0.25) is 9.59 Å². The van der Waals surface area contributed by atoms with Crippen molar-refractivity contribution in [2.24, 2.45) is 5.10 Å². The lowest BCUT2D eigenvalue weighted by Gasteiger charge is -2.09. The predicted octanol–water partition coefficient (Wildman–Crippen LogP) is 3.07. The molecule has 0 bridgehead atoms. The number of hydrazone groups is 1. The van der Waals surface area contributed by atoms with Crippen LogP contribution in [0.5, 0.6) is 0 Å². The van der Waals surface area contributed by atoms with E-state index in [0.717, 1.165) is 10.6 Å². The van der Waals surface area contributed by atoms with Crippen LogP contribution in [0.1, 0.15) is 39.1 Å². The van der Waals surface area contributed by atoms with Crippen molar-refractivity contribution in [2.75, 3.05) is 0 Å².